The van der Waals surface area contributed by atoms with Crippen LogP contribution in [-0.2, 0) is 11.4 Å². The number of aromatic nitrogens is 3. The Morgan fingerprint density at radius 1 is 1.26 bits per heavy atom. The third kappa shape index (κ3) is 5.75. The first-order valence-electron chi connectivity index (χ1n) is 12.2. The standard InChI is InChI=1S/C28H25ClF2N6O2/c1-3-26(38)37-10-9-19(14-37)36(2)25-8-7-22-27(35-25)28(33-16-32-22)34-23-12-20(29)24(13-21(23)31)39-15-17-5-4-6-18(30)11-17/h3-8,11-13,16,19H,1,9-10,14-15H2,2H3,(H,32,33,34)/t19-/m0/s1. The topological polar surface area (TPSA) is 83.5 Å². The van der Waals surface area contributed by atoms with Gasteiger partial charge in [-0.05, 0) is 48.4 Å². The van der Waals surface area contributed by atoms with Crippen LogP contribution >= 0.6 is 11.6 Å². The SMILES string of the molecule is C=CC(=O)N1CC[C@H](N(C)c2ccc3ncnc(Nc4cc(Cl)c(OCc5cccc(F)c5)cc4F)c3n2)C1. The zero-order valence-corrected chi connectivity index (χ0v) is 21.8. The molecule has 0 spiro atoms. The molecule has 0 unspecified atom stereocenters. The third-order valence-electron chi connectivity index (χ3n) is 6.58. The second kappa shape index (κ2) is 11.2. The molecule has 2 aromatic heterocycles. The summed E-state index contributed by atoms with van der Waals surface area (Å²) in [5, 5.41) is 3.14. The van der Waals surface area contributed by atoms with Gasteiger partial charge in [-0.1, -0.05) is 30.3 Å². The summed E-state index contributed by atoms with van der Waals surface area (Å²) in [5.74, 6) is -0.0126. The number of halogens is 3. The molecule has 1 atom stereocenters. The maximum absolute atomic E-state index is 15.1. The number of amides is 1. The van der Waals surface area contributed by atoms with E-state index in [1.165, 1.54) is 30.6 Å². The van der Waals surface area contributed by atoms with Gasteiger partial charge in [0.05, 0.1) is 16.2 Å². The van der Waals surface area contributed by atoms with Gasteiger partial charge >= 0.3 is 0 Å². The number of rotatable bonds is 8. The smallest absolute Gasteiger partial charge is 0.246 e. The van der Waals surface area contributed by atoms with Crippen LogP contribution in [0, 0.1) is 11.6 Å². The second-order valence-corrected chi connectivity index (χ2v) is 9.51. The summed E-state index contributed by atoms with van der Waals surface area (Å²) in [7, 11) is 1.92. The van der Waals surface area contributed by atoms with E-state index in [1.807, 2.05) is 24.1 Å². The number of hydrogen-bond donors (Lipinski definition) is 1. The van der Waals surface area contributed by atoms with Crippen molar-refractivity contribution in [2.24, 2.45) is 0 Å². The van der Waals surface area contributed by atoms with Gasteiger partial charge in [-0.25, -0.2) is 23.7 Å². The molecule has 1 fully saturated rings. The van der Waals surface area contributed by atoms with Crippen LogP contribution < -0.4 is 15.0 Å². The average molecular weight is 551 g/mol. The molecule has 11 heteroatoms. The first-order chi connectivity index (χ1) is 18.8. The molecule has 8 nitrogen and oxygen atoms in total. The molecule has 1 aliphatic heterocycles. The van der Waals surface area contributed by atoms with E-state index in [9.17, 15) is 9.18 Å². The van der Waals surface area contributed by atoms with Gasteiger partial charge in [-0.15, -0.1) is 0 Å². The molecule has 1 aliphatic rings. The van der Waals surface area contributed by atoms with Gasteiger partial charge in [-0.3, -0.25) is 4.79 Å². The van der Waals surface area contributed by atoms with Gasteiger partial charge < -0.3 is 19.9 Å². The van der Waals surface area contributed by atoms with Crippen molar-refractivity contribution in [3.05, 3.63) is 89.7 Å². The number of nitrogens with zero attached hydrogens (tertiary/aromatic N) is 5. The molecule has 1 N–H and O–H groups in total. The van der Waals surface area contributed by atoms with Crippen LogP contribution in [0.5, 0.6) is 5.75 Å². The molecule has 0 aliphatic carbocycles. The van der Waals surface area contributed by atoms with Gasteiger partial charge in [-0.2, -0.15) is 0 Å². The van der Waals surface area contributed by atoms with E-state index in [0.717, 1.165) is 12.5 Å². The number of likely N-dealkylation sites (N-methyl/N-ethyl adjacent to an activating group) is 1. The molecule has 1 amide bonds. The fourth-order valence-corrected chi connectivity index (χ4v) is 4.66. The van der Waals surface area contributed by atoms with Crippen molar-refractivity contribution in [2.75, 3.05) is 30.4 Å². The van der Waals surface area contributed by atoms with Crippen LogP contribution in [0.25, 0.3) is 11.0 Å². The number of ether oxygens (including phenoxy) is 1. The minimum Gasteiger partial charge on any atom is -0.487 e. The summed E-state index contributed by atoms with van der Waals surface area (Å²) >= 11 is 6.37. The van der Waals surface area contributed by atoms with E-state index in [1.54, 1.807) is 17.0 Å². The minimum atomic E-state index is -0.619. The van der Waals surface area contributed by atoms with Crippen molar-refractivity contribution in [2.45, 2.75) is 19.1 Å². The quantitative estimate of drug-likeness (QED) is 0.290. The molecular formula is C28H25ClF2N6O2. The van der Waals surface area contributed by atoms with Gasteiger partial charge in [0.1, 0.15) is 41.7 Å². The lowest BCUT2D eigenvalue weighted by molar-refractivity contribution is -0.125. The van der Waals surface area contributed by atoms with E-state index >= 15 is 4.39 Å². The molecule has 39 heavy (non-hydrogen) atoms. The normalized spacial score (nSPS) is 14.9. The van der Waals surface area contributed by atoms with Gasteiger partial charge in [0.2, 0.25) is 5.91 Å². The largest absolute Gasteiger partial charge is 0.487 e. The zero-order chi connectivity index (χ0) is 27.5. The molecule has 3 heterocycles. The molecule has 0 bridgehead atoms. The summed E-state index contributed by atoms with van der Waals surface area (Å²) in [4.78, 5) is 29.1. The lowest BCUT2D eigenvalue weighted by Crippen LogP contribution is -2.36. The number of nitrogens with one attached hydrogen (secondary N) is 1. The van der Waals surface area contributed by atoms with Gasteiger partial charge in [0.25, 0.3) is 0 Å². The van der Waals surface area contributed by atoms with Crippen LogP contribution in [0.2, 0.25) is 5.02 Å². The summed E-state index contributed by atoms with van der Waals surface area (Å²) in [6, 6.07) is 12.2. The molecule has 0 saturated carbocycles. The molecule has 200 valence electrons. The van der Waals surface area contributed by atoms with Crippen LogP contribution in [0.15, 0.2) is 67.5 Å². The summed E-state index contributed by atoms with van der Waals surface area (Å²) < 4.78 is 34.1. The van der Waals surface area contributed by atoms with Gasteiger partial charge in [0, 0.05) is 32.2 Å². The Morgan fingerprint density at radius 2 is 2.10 bits per heavy atom. The zero-order valence-electron chi connectivity index (χ0n) is 21.1. The fraction of sp³-hybridized carbons (Fsp3) is 0.214. The number of hydrogen-bond acceptors (Lipinski definition) is 7. The number of pyridine rings is 1. The highest BCUT2D eigenvalue weighted by Gasteiger charge is 2.28. The molecule has 0 radical (unpaired) electrons. The molecule has 2 aromatic carbocycles. The van der Waals surface area contributed by atoms with E-state index < -0.39 is 5.82 Å². The van der Waals surface area contributed by atoms with Crippen molar-refractivity contribution in [1.82, 2.24) is 19.9 Å². The Bertz CT molecular complexity index is 1550. The monoisotopic (exact) mass is 550 g/mol. The van der Waals surface area contributed by atoms with Crippen molar-refractivity contribution in [3.8, 4) is 5.75 Å². The van der Waals surface area contributed by atoms with Crippen LogP contribution in [0.1, 0.15) is 12.0 Å². The average Bonchev–Trinajstić information content (AvgIpc) is 3.44. The highest BCUT2D eigenvalue weighted by atomic mass is 35.5. The Balaban J connectivity index is 1.36. The Kier molecular flexibility index (Phi) is 7.56. The highest BCUT2D eigenvalue weighted by molar-refractivity contribution is 6.32. The molecule has 1 saturated heterocycles. The van der Waals surface area contributed by atoms with E-state index in [0.29, 0.717) is 41.3 Å². The highest BCUT2D eigenvalue weighted by Crippen LogP contribution is 2.33. The number of carbonyl (C=O) groups excluding carboxylic acids is 1. The number of fused-ring (bicyclic) bond motifs is 1. The number of benzene rings is 2. The molecule has 5 rings (SSSR count). The van der Waals surface area contributed by atoms with E-state index in [-0.39, 0.29) is 40.8 Å². The maximum Gasteiger partial charge on any atom is 0.246 e. The predicted octanol–water partition coefficient (Wildman–Crippen LogP) is 5.50. The van der Waals surface area contributed by atoms with Crippen molar-refractivity contribution in [1.29, 1.82) is 0 Å². The summed E-state index contributed by atoms with van der Waals surface area (Å²) in [6.07, 6.45) is 3.48. The lowest BCUT2D eigenvalue weighted by atomic mass is 10.2. The van der Waals surface area contributed by atoms with Crippen molar-refractivity contribution >= 4 is 45.9 Å². The Labute approximate surface area is 228 Å². The van der Waals surface area contributed by atoms with Crippen LogP contribution in [-0.4, -0.2) is 51.9 Å². The Hall–Kier alpha value is -4.31. The predicted molar refractivity (Wildman–Crippen MR) is 146 cm³/mol. The first kappa shape index (κ1) is 26.3. The lowest BCUT2D eigenvalue weighted by Gasteiger charge is -2.26. The van der Waals surface area contributed by atoms with Crippen LogP contribution in [0.3, 0.4) is 0 Å². The fourth-order valence-electron chi connectivity index (χ4n) is 4.44. The minimum absolute atomic E-state index is 0.0287. The number of carbonyl (C=O) groups is 1. The van der Waals surface area contributed by atoms with Gasteiger partial charge in [0.15, 0.2) is 5.82 Å². The molecular weight excluding hydrogens is 526 g/mol. The van der Waals surface area contributed by atoms with Crippen LogP contribution in [0.4, 0.5) is 26.1 Å². The summed E-state index contributed by atoms with van der Waals surface area (Å²) in [6.45, 7) is 4.80. The second-order valence-electron chi connectivity index (χ2n) is 9.11. The van der Waals surface area contributed by atoms with E-state index in [2.05, 4.69) is 21.9 Å². The van der Waals surface area contributed by atoms with E-state index in [4.69, 9.17) is 21.3 Å². The summed E-state index contributed by atoms with van der Waals surface area (Å²) in [5.41, 5.74) is 1.68. The Morgan fingerprint density at radius 3 is 2.90 bits per heavy atom. The van der Waals surface area contributed by atoms with Crippen molar-refractivity contribution in [3.63, 3.8) is 0 Å². The van der Waals surface area contributed by atoms with Crippen molar-refractivity contribution < 1.29 is 18.3 Å². The third-order valence-corrected chi connectivity index (χ3v) is 6.88. The molecule has 4 aromatic rings. The maximum atomic E-state index is 15.1. The number of likely N-dealkylation sites (tertiary alicyclic amines) is 1. The first-order valence-corrected chi connectivity index (χ1v) is 12.6. The number of anilines is 3.